The van der Waals surface area contributed by atoms with Crippen LogP contribution in [0, 0.1) is 0 Å². The highest BCUT2D eigenvalue weighted by atomic mass is 35.5. The van der Waals surface area contributed by atoms with Gasteiger partial charge < -0.3 is 15.0 Å². The third-order valence-corrected chi connectivity index (χ3v) is 4.22. The van der Waals surface area contributed by atoms with Gasteiger partial charge in [0, 0.05) is 36.6 Å². The Labute approximate surface area is 177 Å². The van der Waals surface area contributed by atoms with Gasteiger partial charge in [0.2, 0.25) is 0 Å². The molecule has 3 rings (SSSR count). The number of pyridine rings is 1. The van der Waals surface area contributed by atoms with Crippen molar-refractivity contribution in [3.8, 4) is 11.3 Å². The van der Waals surface area contributed by atoms with Crippen molar-refractivity contribution in [2.75, 3.05) is 18.4 Å². The summed E-state index contributed by atoms with van der Waals surface area (Å²) in [5, 5.41) is 14.1. The predicted molar refractivity (Wildman–Crippen MR) is 115 cm³/mol. The molecule has 1 aliphatic heterocycles. The number of nitrogens with zero attached hydrogens (tertiary/aromatic N) is 4. The fraction of sp³-hybridized carbons (Fsp3) is 0.600. The maximum atomic E-state index is 11.5. The SMILES string of the molecule is CC(C)(C)OC(=O)N1CCCCC1.CC(C)Nc1cc(Cl)ncc1-c1cn[nH]n1. The molecule has 0 radical (unpaired) electrons. The van der Waals surface area contributed by atoms with Crippen LogP contribution in [-0.4, -0.2) is 56.1 Å². The number of hydrogen-bond acceptors (Lipinski definition) is 6. The molecule has 0 spiro atoms. The van der Waals surface area contributed by atoms with E-state index in [-0.39, 0.29) is 11.7 Å². The summed E-state index contributed by atoms with van der Waals surface area (Å²) in [5.74, 6) is 0. The third-order valence-electron chi connectivity index (χ3n) is 4.01. The number of carbonyl (C=O) groups excluding carboxylic acids is 1. The molecule has 2 N–H and O–H groups in total. The Balaban J connectivity index is 0.000000212. The Morgan fingerprint density at radius 1 is 1.24 bits per heavy atom. The molecule has 0 aromatic carbocycles. The minimum Gasteiger partial charge on any atom is -0.444 e. The van der Waals surface area contributed by atoms with Gasteiger partial charge in [0.1, 0.15) is 16.4 Å². The van der Waals surface area contributed by atoms with Gasteiger partial charge in [-0.1, -0.05) is 11.6 Å². The third kappa shape index (κ3) is 7.89. The molecule has 29 heavy (non-hydrogen) atoms. The summed E-state index contributed by atoms with van der Waals surface area (Å²) in [6, 6.07) is 2.09. The Morgan fingerprint density at radius 3 is 2.48 bits per heavy atom. The molecule has 0 atom stereocenters. The molecule has 160 valence electrons. The molecule has 0 unspecified atom stereocenters. The summed E-state index contributed by atoms with van der Waals surface area (Å²) in [4.78, 5) is 17.4. The van der Waals surface area contributed by atoms with Crippen molar-refractivity contribution in [2.45, 2.75) is 65.5 Å². The lowest BCUT2D eigenvalue weighted by Crippen LogP contribution is -2.39. The number of rotatable bonds is 3. The molecule has 8 nitrogen and oxygen atoms in total. The van der Waals surface area contributed by atoms with E-state index in [9.17, 15) is 4.79 Å². The number of piperidine rings is 1. The predicted octanol–water partition coefficient (Wildman–Crippen LogP) is 4.75. The van der Waals surface area contributed by atoms with Crippen molar-refractivity contribution in [3.63, 3.8) is 0 Å². The lowest BCUT2D eigenvalue weighted by Gasteiger charge is -2.29. The zero-order valence-corrected chi connectivity index (χ0v) is 18.6. The lowest BCUT2D eigenvalue weighted by molar-refractivity contribution is 0.0216. The number of carbonyl (C=O) groups is 1. The molecule has 1 aliphatic rings. The van der Waals surface area contributed by atoms with Gasteiger partial charge in [-0.3, -0.25) is 0 Å². The maximum absolute atomic E-state index is 11.5. The van der Waals surface area contributed by atoms with Crippen LogP contribution in [0.3, 0.4) is 0 Å². The monoisotopic (exact) mass is 422 g/mol. The number of nitrogens with one attached hydrogen (secondary N) is 2. The molecule has 1 fully saturated rings. The van der Waals surface area contributed by atoms with Crippen LogP contribution in [0.1, 0.15) is 53.9 Å². The maximum Gasteiger partial charge on any atom is 0.410 e. The second kappa shape index (κ2) is 10.4. The first-order valence-electron chi connectivity index (χ1n) is 9.92. The highest BCUT2D eigenvalue weighted by Gasteiger charge is 2.22. The van der Waals surface area contributed by atoms with Crippen molar-refractivity contribution in [1.29, 1.82) is 0 Å². The van der Waals surface area contributed by atoms with Crippen LogP contribution in [0.5, 0.6) is 0 Å². The molecular formula is C20H31ClN6O2. The van der Waals surface area contributed by atoms with E-state index in [0.29, 0.717) is 11.2 Å². The quantitative estimate of drug-likeness (QED) is 0.693. The van der Waals surface area contributed by atoms with Gasteiger partial charge in [-0.15, -0.1) is 0 Å². The van der Waals surface area contributed by atoms with Gasteiger partial charge in [0.15, 0.2) is 0 Å². The highest BCUT2D eigenvalue weighted by Crippen LogP contribution is 2.27. The van der Waals surface area contributed by atoms with Crippen LogP contribution >= 0.6 is 11.6 Å². The smallest absolute Gasteiger partial charge is 0.410 e. The van der Waals surface area contributed by atoms with E-state index in [1.165, 1.54) is 6.42 Å². The number of H-pyrrole nitrogens is 1. The van der Waals surface area contributed by atoms with Crippen molar-refractivity contribution in [1.82, 2.24) is 25.3 Å². The topological polar surface area (TPSA) is 96.0 Å². The normalized spacial score (nSPS) is 14.2. The molecule has 1 saturated heterocycles. The molecule has 1 amide bonds. The van der Waals surface area contributed by atoms with Crippen molar-refractivity contribution in [3.05, 3.63) is 23.6 Å². The summed E-state index contributed by atoms with van der Waals surface area (Å²) in [6.07, 6.45) is 6.63. The van der Waals surface area contributed by atoms with E-state index in [0.717, 1.165) is 42.9 Å². The van der Waals surface area contributed by atoms with Crippen molar-refractivity contribution in [2.24, 2.45) is 0 Å². The van der Waals surface area contributed by atoms with E-state index in [2.05, 4.69) is 39.6 Å². The Bertz CT molecular complexity index is 768. The number of halogens is 1. The summed E-state index contributed by atoms with van der Waals surface area (Å²) < 4.78 is 5.26. The van der Waals surface area contributed by atoms with Gasteiger partial charge in [-0.05, 0) is 59.9 Å². The fourth-order valence-corrected chi connectivity index (χ4v) is 2.96. The number of ether oxygens (including phenoxy) is 1. The number of amides is 1. The highest BCUT2D eigenvalue weighted by molar-refractivity contribution is 6.29. The first-order valence-corrected chi connectivity index (χ1v) is 10.3. The second-order valence-electron chi connectivity index (χ2n) is 8.23. The van der Waals surface area contributed by atoms with Crippen LogP contribution in [0.4, 0.5) is 10.5 Å². The average molecular weight is 423 g/mol. The molecule has 3 heterocycles. The van der Waals surface area contributed by atoms with Crippen molar-refractivity contribution < 1.29 is 9.53 Å². The van der Waals surface area contributed by atoms with Crippen LogP contribution in [0.15, 0.2) is 18.5 Å². The summed E-state index contributed by atoms with van der Waals surface area (Å²) >= 11 is 5.87. The van der Waals surface area contributed by atoms with Gasteiger partial charge in [0.25, 0.3) is 0 Å². The molecule has 0 aliphatic carbocycles. The van der Waals surface area contributed by atoms with Crippen LogP contribution in [0.2, 0.25) is 5.15 Å². The minimum absolute atomic E-state index is 0.160. The van der Waals surface area contributed by atoms with Crippen LogP contribution in [0.25, 0.3) is 11.3 Å². The number of anilines is 1. The number of aromatic amines is 1. The second-order valence-corrected chi connectivity index (χ2v) is 8.62. The standard InChI is InChI=1S/C10H12ClN5.C10H19NO2/c1-6(2)14-8-3-10(11)12-4-7(8)9-5-13-16-15-9;1-10(2,3)13-9(12)11-7-5-4-6-8-11/h3-6H,1-2H3,(H,12,14)(H,13,15,16);4-8H2,1-3H3. The summed E-state index contributed by atoms with van der Waals surface area (Å²) in [7, 11) is 0. The number of likely N-dealkylation sites (tertiary alicyclic amines) is 1. The minimum atomic E-state index is -0.367. The molecule has 0 saturated carbocycles. The van der Waals surface area contributed by atoms with Gasteiger partial charge in [-0.25, -0.2) is 9.78 Å². The molecule has 9 heteroatoms. The van der Waals surface area contributed by atoms with Gasteiger partial charge in [-0.2, -0.15) is 15.4 Å². The van der Waals surface area contributed by atoms with Gasteiger partial charge >= 0.3 is 6.09 Å². The first-order chi connectivity index (χ1) is 13.7. The Kier molecular flexibility index (Phi) is 8.25. The fourth-order valence-electron chi connectivity index (χ4n) is 2.80. The van der Waals surface area contributed by atoms with Crippen molar-refractivity contribution >= 4 is 23.4 Å². The van der Waals surface area contributed by atoms with E-state index in [1.807, 2.05) is 20.8 Å². The van der Waals surface area contributed by atoms with E-state index in [4.69, 9.17) is 16.3 Å². The van der Waals surface area contributed by atoms with Gasteiger partial charge in [0.05, 0.1) is 6.20 Å². The van der Waals surface area contributed by atoms with E-state index >= 15 is 0 Å². The number of hydrogen-bond donors (Lipinski definition) is 2. The summed E-state index contributed by atoms with van der Waals surface area (Å²) in [6.45, 7) is 11.5. The zero-order chi connectivity index (χ0) is 21.4. The lowest BCUT2D eigenvalue weighted by atomic mass is 10.1. The number of aromatic nitrogens is 4. The Hall–Kier alpha value is -2.35. The molecule has 2 aromatic heterocycles. The van der Waals surface area contributed by atoms with Crippen LogP contribution < -0.4 is 5.32 Å². The molecule has 2 aromatic rings. The molecular weight excluding hydrogens is 392 g/mol. The van der Waals surface area contributed by atoms with Crippen LogP contribution in [-0.2, 0) is 4.74 Å². The first kappa shape index (κ1) is 22.9. The Morgan fingerprint density at radius 2 is 1.93 bits per heavy atom. The van der Waals surface area contributed by atoms with E-state index in [1.54, 1.807) is 23.4 Å². The summed E-state index contributed by atoms with van der Waals surface area (Å²) in [5.41, 5.74) is 2.16. The zero-order valence-electron chi connectivity index (χ0n) is 17.8. The largest absolute Gasteiger partial charge is 0.444 e. The average Bonchev–Trinajstić information content (AvgIpc) is 3.16. The van der Waals surface area contributed by atoms with E-state index < -0.39 is 0 Å². The molecule has 0 bridgehead atoms.